The first-order valence-electron chi connectivity index (χ1n) is 2.79. The molecule has 0 aromatic heterocycles. The second-order valence-electron chi connectivity index (χ2n) is 1.79. The third-order valence-electron chi connectivity index (χ3n) is 0. The zero-order valence-corrected chi connectivity index (χ0v) is 17.6. The van der Waals surface area contributed by atoms with Crippen LogP contribution in [-0.2, 0) is 41.6 Å². The SMILES string of the molecule is N.O.O.O=S(=O)(O)O.O=S(=O)(O)O.O=S(=O)(O)O.O=S(=O)(O)O.[H-].[K+]. The molecular formula is H16KNO18S4. The third kappa shape index (κ3) is 11200. The molecule has 0 radical (unpaired) electrons. The van der Waals surface area contributed by atoms with Gasteiger partial charge in [-0.3, -0.25) is 36.4 Å². The van der Waals surface area contributed by atoms with Crippen molar-refractivity contribution in [1.82, 2.24) is 6.15 Å². The summed E-state index contributed by atoms with van der Waals surface area (Å²) in [5.74, 6) is 0. The standard InChI is InChI=1S/K.H3N.4H2O4S.2H2O.H/c;;4*1-5(2,3)4;;;/h;1H3;4*(H2,1,2,3,4);2*1H2;/q+1;;;;;;;;-1. The summed E-state index contributed by atoms with van der Waals surface area (Å²) in [5.41, 5.74) is 0. The zero-order valence-electron chi connectivity index (χ0n) is 12.2. The molecule has 0 spiro atoms. The van der Waals surface area contributed by atoms with E-state index in [-0.39, 0.29) is 69.9 Å². The fourth-order valence-electron chi connectivity index (χ4n) is 0. The molecule has 24 heteroatoms. The van der Waals surface area contributed by atoms with E-state index in [9.17, 15) is 0 Å². The monoisotopic (exact) mass is 485 g/mol. The first-order chi connectivity index (χ1) is 8.00. The third-order valence-corrected chi connectivity index (χ3v) is 0. The maximum absolute atomic E-state index is 8.74. The Kier molecular flexibility index (Phi) is 42.2. The first kappa shape index (κ1) is 49.8. The topological polar surface area (TPSA) is 396 Å². The van der Waals surface area contributed by atoms with Crippen LogP contribution in [0.5, 0.6) is 0 Å². The molecule has 0 unspecified atom stereocenters. The molecule has 0 fully saturated rings. The Labute approximate surface area is 179 Å². The van der Waals surface area contributed by atoms with Crippen molar-refractivity contribution in [2.75, 3.05) is 0 Å². The summed E-state index contributed by atoms with van der Waals surface area (Å²) in [5, 5.41) is 0. The Morgan fingerprint density at radius 3 is 0.417 bits per heavy atom. The van der Waals surface area contributed by atoms with E-state index in [2.05, 4.69) is 0 Å². The largest absolute Gasteiger partial charge is 1.00 e. The summed E-state index contributed by atoms with van der Waals surface area (Å²) in [4.78, 5) is 0. The van der Waals surface area contributed by atoms with Crippen molar-refractivity contribution in [2.45, 2.75) is 0 Å². The Balaban J connectivity index is -0.0000000183. The summed E-state index contributed by atoms with van der Waals surface area (Å²) >= 11 is 0. The molecule has 0 amide bonds. The van der Waals surface area contributed by atoms with E-state index in [0.717, 1.165) is 0 Å². The quantitative estimate of drug-likeness (QED) is 0.113. The molecule has 154 valence electrons. The molecule has 19 nitrogen and oxygen atoms in total. The van der Waals surface area contributed by atoms with Gasteiger partial charge in [0.1, 0.15) is 0 Å². The molecular weight excluding hydrogens is 469 g/mol. The number of rotatable bonds is 0. The van der Waals surface area contributed by atoms with Gasteiger partial charge in [-0.2, -0.15) is 33.7 Å². The van der Waals surface area contributed by atoms with Gasteiger partial charge >= 0.3 is 93.0 Å². The van der Waals surface area contributed by atoms with Gasteiger partial charge in [0.25, 0.3) is 0 Å². The Morgan fingerprint density at radius 1 is 0.417 bits per heavy atom. The maximum atomic E-state index is 8.74. The predicted molar refractivity (Wildman–Crippen MR) is 70.1 cm³/mol. The van der Waals surface area contributed by atoms with Crippen molar-refractivity contribution in [3.63, 3.8) is 0 Å². The van der Waals surface area contributed by atoms with Crippen LogP contribution < -0.4 is 57.5 Å². The van der Waals surface area contributed by atoms with Crippen LogP contribution in [-0.4, -0.2) is 81.0 Å². The Hall–Kier alpha value is 0.996. The van der Waals surface area contributed by atoms with E-state index in [1.165, 1.54) is 0 Å². The van der Waals surface area contributed by atoms with E-state index < -0.39 is 41.6 Å². The normalized spacial score (nSPS) is 9.67. The molecule has 0 atom stereocenters. The van der Waals surface area contributed by atoms with Crippen molar-refractivity contribution in [3.8, 4) is 0 Å². The molecule has 0 saturated heterocycles. The summed E-state index contributed by atoms with van der Waals surface area (Å²) < 4.78 is 126. The Bertz CT molecular complexity index is 486. The van der Waals surface area contributed by atoms with Crippen molar-refractivity contribution in [3.05, 3.63) is 0 Å². The minimum absolute atomic E-state index is 0. The van der Waals surface area contributed by atoms with E-state index >= 15 is 0 Å². The summed E-state index contributed by atoms with van der Waals surface area (Å²) in [6.07, 6.45) is 0. The van der Waals surface area contributed by atoms with Gasteiger partial charge in [-0.1, -0.05) is 0 Å². The molecule has 24 heavy (non-hydrogen) atoms. The smallest absolute Gasteiger partial charge is 1.00 e. The summed E-state index contributed by atoms with van der Waals surface area (Å²) in [6, 6.07) is 0. The van der Waals surface area contributed by atoms with Gasteiger partial charge in [0, 0.05) is 0 Å². The molecule has 0 aromatic rings. The first-order valence-corrected chi connectivity index (χ1v) is 8.38. The maximum Gasteiger partial charge on any atom is 1.00 e. The van der Waals surface area contributed by atoms with Crippen LogP contribution in [0.3, 0.4) is 0 Å². The van der Waals surface area contributed by atoms with Crippen LogP contribution in [0.4, 0.5) is 0 Å². The van der Waals surface area contributed by atoms with Crippen LogP contribution in [0.15, 0.2) is 0 Å². The van der Waals surface area contributed by atoms with Gasteiger partial charge in [0.2, 0.25) is 0 Å². The van der Waals surface area contributed by atoms with Crippen LogP contribution in [0.2, 0.25) is 0 Å². The predicted octanol–water partition coefficient (Wildman–Crippen LogP) is -6.98. The minimum atomic E-state index is -4.67. The van der Waals surface area contributed by atoms with Gasteiger partial charge in [0.15, 0.2) is 0 Å². The average molecular weight is 485 g/mol. The second-order valence-corrected chi connectivity index (χ2v) is 5.37. The molecule has 0 bridgehead atoms. The van der Waals surface area contributed by atoms with Crippen LogP contribution in [0, 0.1) is 0 Å². The van der Waals surface area contributed by atoms with Gasteiger partial charge in [-0.25, -0.2) is 0 Å². The van der Waals surface area contributed by atoms with Crippen LogP contribution >= 0.6 is 0 Å². The Morgan fingerprint density at radius 2 is 0.417 bits per heavy atom. The molecule has 0 heterocycles. The van der Waals surface area contributed by atoms with Crippen molar-refractivity contribution < 1.29 is 134 Å². The van der Waals surface area contributed by atoms with Gasteiger partial charge in [-0.15, -0.1) is 0 Å². The molecule has 0 aliphatic rings. The van der Waals surface area contributed by atoms with Crippen LogP contribution in [0.1, 0.15) is 1.43 Å². The molecule has 0 aliphatic carbocycles. The summed E-state index contributed by atoms with van der Waals surface area (Å²) in [6.45, 7) is 0. The van der Waals surface area contributed by atoms with E-state index in [1.54, 1.807) is 0 Å². The number of hydrogen-bond acceptors (Lipinski definition) is 9. The molecule has 15 N–H and O–H groups in total. The minimum Gasteiger partial charge on any atom is -1.00 e. The molecule has 0 rings (SSSR count). The fraction of sp³-hybridized carbons (Fsp3) is 0. The fourth-order valence-corrected chi connectivity index (χ4v) is 0. The van der Waals surface area contributed by atoms with Crippen molar-refractivity contribution >= 4 is 41.6 Å². The molecule has 0 aromatic carbocycles. The van der Waals surface area contributed by atoms with Gasteiger partial charge in [-0.05, 0) is 0 Å². The zero-order chi connectivity index (χ0) is 18.0. The van der Waals surface area contributed by atoms with Crippen molar-refractivity contribution in [2.24, 2.45) is 0 Å². The second kappa shape index (κ2) is 20.3. The van der Waals surface area contributed by atoms with Gasteiger partial charge < -0.3 is 18.5 Å². The van der Waals surface area contributed by atoms with E-state index in [0.29, 0.717) is 0 Å². The van der Waals surface area contributed by atoms with Crippen molar-refractivity contribution in [1.29, 1.82) is 0 Å². The van der Waals surface area contributed by atoms with Gasteiger partial charge in [0.05, 0.1) is 0 Å². The molecule has 0 saturated carbocycles. The molecule has 0 aliphatic heterocycles. The number of hydrogen-bond donors (Lipinski definition) is 9. The summed E-state index contributed by atoms with van der Waals surface area (Å²) in [7, 11) is -18.7. The van der Waals surface area contributed by atoms with Crippen LogP contribution in [0.25, 0.3) is 0 Å². The van der Waals surface area contributed by atoms with E-state index in [1.807, 2.05) is 0 Å². The average Bonchev–Trinajstić information content (AvgIpc) is 1.62. The van der Waals surface area contributed by atoms with E-state index in [4.69, 9.17) is 70.1 Å².